The maximum atomic E-state index is 4.53. The van der Waals surface area contributed by atoms with Crippen LogP contribution in [0, 0.1) is 12.1 Å². The van der Waals surface area contributed by atoms with E-state index in [0.717, 1.165) is 11.4 Å². The second-order valence-corrected chi connectivity index (χ2v) is 9.33. The number of nitrogens with zero attached hydrogens (tertiary/aromatic N) is 2. The Labute approximate surface area is 252 Å². The van der Waals surface area contributed by atoms with E-state index in [0.29, 0.717) is 0 Å². The molecular weight excluding hydrogens is 574 g/mol. The minimum absolute atomic E-state index is 0. The first-order chi connectivity index (χ1) is 16.5. The van der Waals surface area contributed by atoms with E-state index in [-0.39, 0.29) is 61.8 Å². The molecule has 6 rings (SSSR count). The summed E-state index contributed by atoms with van der Waals surface area (Å²) in [5, 5.41) is 0. The van der Waals surface area contributed by atoms with Gasteiger partial charge >= 0.3 is 26.2 Å². The molecule has 37 heavy (non-hydrogen) atoms. The molecule has 2 unspecified atom stereocenters. The molecule has 2 aliphatic rings. The van der Waals surface area contributed by atoms with Gasteiger partial charge in [-0.2, -0.15) is 0 Å². The summed E-state index contributed by atoms with van der Waals surface area (Å²) in [6, 6.07) is 31.2. The van der Waals surface area contributed by atoms with Crippen LogP contribution in [0.2, 0.25) is 0 Å². The average Bonchev–Trinajstić information content (AvgIpc) is 3.31. The van der Waals surface area contributed by atoms with Crippen molar-refractivity contribution in [2.24, 2.45) is 0 Å². The number of allylic oxidation sites excluding steroid dienone is 2. The molecule has 0 bridgehead atoms. The molecular formula is C32H30Cl2N2Zr. The molecule has 5 heteroatoms. The van der Waals surface area contributed by atoms with Gasteiger partial charge < -0.3 is 0 Å². The average molecular weight is 605 g/mol. The van der Waals surface area contributed by atoms with E-state index in [1.807, 2.05) is 60.9 Å². The zero-order valence-electron chi connectivity index (χ0n) is 21.4. The molecule has 0 aliphatic heterocycles. The van der Waals surface area contributed by atoms with E-state index < -0.39 is 0 Å². The number of benzene rings is 2. The maximum Gasteiger partial charge on any atom is 2.00 e. The van der Waals surface area contributed by atoms with Crippen LogP contribution in [-0.2, 0) is 37.0 Å². The Morgan fingerprint density at radius 2 is 1.00 bits per heavy atom. The molecule has 2 aliphatic carbocycles. The van der Waals surface area contributed by atoms with Crippen molar-refractivity contribution in [1.29, 1.82) is 0 Å². The molecule has 0 saturated heterocycles. The fourth-order valence-electron chi connectivity index (χ4n) is 5.15. The molecule has 0 N–H and O–H groups in total. The number of hydrogen-bond donors (Lipinski definition) is 0. The summed E-state index contributed by atoms with van der Waals surface area (Å²) >= 11 is 0. The number of rotatable bonds is 2. The molecule has 0 radical (unpaired) electrons. The van der Waals surface area contributed by atoms with Crippen LogP contribution in [0.15, 0.2) is 96.3 Å². The van der Waals surface area contributed by atoms with Gasteiger partial charge in [-0.3, -0.25) is 9.97 Å². The smallest absolute Gasteiger partial charge is 0.261 e. The van der Waals surface area contributed by atoms with Crippen molar-refractivity contribution < 1.29 is 26.2 Å². The maximum absolute atomic E-state index is 4.53. The molecule has 2 heterocycles. The molecule has 2 aromatic carbocycles. The summed E-state index contributed by atoms with van der Waals surface area (Å²) in [5.74, 6) is 0. The van der Waals surface area contributed by atoms with E-state index in [9.17, 15) is 0 Å². The van der Waals surface area contributed by atoms with Crippen LogP contribution in [0.5, 0.6) is 0 Å². The van der Waals surface area contributed by atoms with Crippen molar-refractivity contribution in [3.8, 4) is 0 Å². The predicted octanol–water partition coefficient (Wildman–Crippen LogP) is 8.05. The SMILES string of the molecule is CC1=Cc2[c-]cccc2C1(C)c1ccccn1.CC1=Cc2[c-]cccc2C1(C)c1ccccn1.Cl.Cl.[Zr+2]. The van der Waals surface area contributed by atoms with E-state index in [1.165, 1.54) is 33.4 Å². The van der Waals surface area contributed by atoms with Crippen LogP contribution >= 0.6 is 24.8 Å². The minimum Gasteiger partial charge on any atom is -0.261 e. The first kappa shape index (κ1) is 30.9. The van der Waals surface area contributed by atoms with Gasteiger partial charge in [-0.15, -0.1) is 119 Å². The molecule has 4 aromatic rings. The van der Waals surface area contributed by atoms with Gasteiger partial charge in [0, 0.05) is 34.6 Å². The molecule has 0 spiro atoms. The van der Waals surface area contributed by atoms with Gasteiger partial charge in [0.15, 0.2) is 0 Å². The number of halogens is 2. The van der Waals surface area contributed by atoms with Gasteiger partial charge in [-0.1, -0.05) is 39.8 Å². The number of fused-ring (bicyclic) bond motifs is 2. The predicted molar refractivity (Wildman–Crippen MR) is 154 cm³/mol. The van der Waals surface area contributed by atoms with Gasteiger partial charge in [0.1, 0.15) is 0 Å². The summed E-state index contributed by atoms with van der Waals surface area (Å²) in [5.41, 5.74) is 9.65. The Kier molecular flexibility index (Phi) is 10.4. The molecule has 0 fully saturated rings. The van der Waals surface area contributed by atoms with Crippen LogP contribution in [0.4, 0.5) is 0 Å². The quantitative estimate of drug-likeness (QED) is 0.217. The van der Waals surface area contributed by atoms with Crippen molar-refractivity contribution in [3.63, 3.8) is 0 Å². The van der Waals surface area contributed by atoms with Crippen LogP contribution in [0.3, 0.4) is 0 Å². The van der Waals surface area contributed by atoms with Crippen molar-refractivity contribution in [2.45, 2.75) is 38.5 Å². The van der Waals surface area contributed by atoms with Crippen LogP contribution in [-0.4, -0.2) is 9.97 Å². The van der Waals surface area contributed by atoms with E-state index in [4.69, 9.17) is 0 Å². The first-order valence-corrected chi connectivity index (χ1v) is 11.7. The van der Waals surface area contributed by atoms with Crippen molar-refractivity contribution in [2.75, 3.05) is 0 Å². The zero-order chi connectivity index (χ0) is 23.8. The number of aromatic nitrogens is 2. The van der Waals surface area contributed by atoms with Crippen LogP contribution in [0.25, 0.3) is 12.2 Å². The minimum atomic E-state index is -0.103. The zero-order valence-corrected chi connectivity index (χ0v) is 25.5. The molecule has 2 nitrogen and oxygen atoms in total. The fourth-order valence-corrected chi connectivity index (χ4v) is 5.15. The number of pyridine rings is 2. The summed E-state index contributed by atoms with van der Waals surface area (Å²) in [6.45, 7) is 8.81. The normalized spacial score (nSPS) is 20.3. The third kappa shape index (κ3) is 5.33. The molecule has 2 aromatic heterocycles. The Morgan fingerprint density at radius 3 is 1.35 bits per heavy atom. The Balaban J connectivity index is 0.000000241. The largest absolute Gasteiger partial charge is 2.00 e. The molecule has 2 atom stereocenters. The Bertz CT molecular complexity index is 1290. The molecule has 186 valence electrons. The van der Waals surface area contributed by atoms with Gasteiger partial charge in [-0.05, 0) is 24.3 Å². The molecule has 0 amide bonds. The van der Waals surface area contributed by atoms with E-state index in [2.05, 4.69) is 86.2 Å². The van der Waals surface area contributed by atoms with Crippen LogP contribution < -0.4 is 0 Å². The topological polar surface area (TPSA) is 25.8 Å². The van der Waals surface area contributed by atoms with Gasteiger partial charge in [0.05, 0.1) is 0 Å². The Hall–Kier alpha value is -2.32. The second-order valence-electron chi connectivity index (χ2n) is 9.33. The van der Waals surface area contributed by atoms with Gasteiger partial charge in [0.2, 0.25) is 0 Å². The summed E-state index contributed by atoms with van der Waals surface area (Å²) in [6.07, 6.45) is 8.14. The fraction of sp³-hybridized carbons (Fsp3) is 0.188. The number of hydrogen-bond acceptors (Lipinski definition) is 2. The van der Waals surface area contributed by atoms with Gasteiger partial charge in [-0.25, -0.2) is 0 Å². The van der Waals surface area contributed by atoms with E-state index in [1.54, 1.807) is 0 Å². The third-order valence-corrected chi connectivity index (χ3v) is 7.51. The Morgan fingerprint density at radius 1 is 0.595 bits per heavy atom. The monoisotopic (exact) mass is 602 g/mol. The van der Waals surface area contributed by atoms with Crippen LogP contribution in [0.1, 0.15) is 61.3 Å². The van der Waals surface area contributed by atoms with Gasteiger partial charge in [0.25, 0.3) is 0 Å². The standard InChI is InChI=1S/2C16H14N.2ClH.Zr/c2*1-12-11-13-7-3-4-8-14(13)16(12,2)15-9-5-6-10-17-15;;;/h2*3-6,8-11H,1-2H3;2*1H;/q2*-1;;;+2. The third-order valence-electron chi connectivity index (χ3n) is 7.51. The van der Waals surface area contributed by atoms with Crippen molar-refractivity contribution in [1.82, 2.24) is 9.97 Å². The summed E-state index contributed by atoms with van der Waals surface area (Å²) < 4.78 is 0. The molecule has 0 saturated carbocycles. The van der Waals surface area contributed by atoms with Crippen molar-refractivity contribution >= 4 is 37.0 Å². The first-order valence-electron chi connectivity index (χ1n) is 11.7. The van der Waals surface area contributed by atoms with E-state index >= 15 is 0 Å². The van der Waals surface area contributed by atoms with Crippen molar-refractivity contribution in [3.05, 3.63) is 142 Å². The second kappa shape index (κ2) is 12.5. The summed E-state index contributed by atoms with van der Waals surface area (Å²) in [7, 11) is 0. The summed E-state index contributed by atoms with van der Waals surface area (Å²) in [4.78, 5) is 9.05.